The van der Waals surface area contributed by atoms with E-state index >= 15 is 0 Å². The highest BCUT2D eigenvalue weighted by Crippen LogP contribution is 2.24. The summed E-state index contributed by atoms with van der Waals surface area (Å²) >= 11 is 1.01. The number of amides is 1. The minimum absolute atomic E-state index is 0.0779. The van der Waals surface area contributed by atoms with Gasteiger partial charge in [0.1, 0.15) is 11.6 Å². The van der Waals surface area contributed by atoms with Gasteiger partial charge < -0.3 is 9.73 Å². The van der Waals surface area contributed by atoms with E-state index in [1.165, 1.54) is 0 Å². The van der Waals surface area contributed by atoms with E-state index in [-0.39, 0.29) is 16.7 Å². The fourth-order valence-electron chi connectivity index (χ4n) is 1.99. The highest BCUT2D eigenvalue weighted by Gasteiger charge is 2.13. The molecule has 0 atom stereocenters. The maximum Gasteiger partial charge on any atom is 0.277 e. The van der Waals surface area contributed by atoms with Gasteiger partial charge in [-0.1, -0.05) is 29.5 Å². The van der Waals surface area contributed by atoms with E-state index in [9.17, 15) is 13.6 Å². The molecule has 1 amide bonds. The number of hydrogen-bond acceptors (Lipinski definition) is 5. The average molecular weight is 361 g/mol. The van der Waals surface area contributed by atoms with Crippen LogP contribution in [0, 0.1) is 18.6 Å². The molecule has 3 aromatic rings. The molecule has 1 N–H and O–H groups in total. The second-order valence-electron chi connectivity index (χ2n) is 5.20. The summed E-state index contributed by atoms with van der Waals surface area (Å²) in [6.07, 6.45) is 0. The van der Waals surface area contributed by atoms with Crippen molar-refractivity contribution < 1.29 is 18.0 Å². The Morgan fingerprint density at radius 3 is 2.68 bits per heavy atom. The lowest BCUT2D eigenvalue weighted by Crippen LogP contribution is -2.15. The first-order chi connectivity index (χ1) is 12.0. The third kappa shape index (κ3) is 4.42. The Kier molecular flexibility index (Phi) is 5.08. The molecule has 25 heavy (non-hydrogen) atoms. The van der Waals surface area contributed by atoms with E-state index in [0.717, 1.165) is 41.1 Å². The van der Waals surface area contributed by atoms with Crippen LogP contribution in [0.5, 0.6) is 0 Å². The molecular formula is C17H13F2N3O2S. The van der Waals surface area contributed by atoms with Gasteiger partial charge in [-0.3, -0.25) is 4.79 Å². The fourth-order valence-corrected chi connectivity index (χ4v) is 2.55. The first kappa shape index (κ1) is 17.1. The van der Waals surface area contributed by atoms with E-state index < -0.39 is 17.5 Å². The molecule has 1 aromatic heterocycles. The van der Waals surface area contributed by atoms with Gasteiger partial charge in [0.2, 0.25) is 11.8 Å². The van der Waals surface area contributed by atoms with Crippen molar-refractivity contribution in [3.8, 4) is 11.5 Å². The van der Waals surface area contributed by atoms with Crippen molar-refractivity contribution in [3.05, 3.63) is 59.7 Å². The Hall–Kier alpha value is -2.74. The van der Waals surface area contributed by atoms with E-state index in [1.54, 1.807) is 0 Å². The molecular weight excluding hydrogens is 348 g/mol. The van der Waals surface area contributed by atoms with Gasteiger partial charge in [0, 0.05) is 11.6 Å². The molecule has 0 unspecified atom stereocenters. The normalized spacial score (nSPS) is 10.7. The zero-order valence-electron chi connectivity index (χ0n) is 13.1. The molecule has 0 aliphatic heterocycles. The van der Waals surface area contributed by atoms with E-state index in [2.05, 4.69) is 15.5 Å². The third-order valence-corrected chi connectivity index (χ3v) is 4.05. The Labute approximate surface area is 146 Å². The first-order valence-electron chi connectivity index (χ1n) is 7.29. The second-order valence-corrected chi connectivity index (χ2v) is 6.13. The summed E-state index contributed by atoms with van der Waals surface area (Å²) in [7, 11) is 0. The van der Waals surface area contributed by atoms with Gasteiger partial charge >= 0.3 is 0 Å². The topological polar surface area (TPSA) is 68.0 Å². The monoisotopic (exact) mass is 361 g/mol. The number of hydrogen-bond donors (Lipinski definition) is 1. The molecule has 0 saturated heterocycles. The maximum atomic E-state index is 13.5. The van der Waals surface area contributed by atoms with Gasteiger partial charge in [0.05, 0.1) is 11.4 Å². The zero-order chi connectivity index (χ0) is 17.8. The van der Waals surface area contributed by atoms with Crippen molar-refractivity contribution in [2.45, 2.75) is 12.1 Å². The maximum absolute atomic E-state index is 13.5. The number of aromatic nitrogens is 2. The molecule has 0 radical (unpaired) electrons. The van der Waals surface area contributed by atoms with E-state index in [0.29, 0.717) is 5.89 Å². The fraction of sp³-hybridized carbons (Fsp3) is 0.118. The Bertz CT molecular complexity index is 897. The van der Waals surface area contributed by atoms with E-state index in [4.69, 9.17) is 4.42 Å². The quantitative estimate of drug-likeness (QED) is 0.694. The van der Waals surface area contributed by atoms with Crippen molar-refractivity contribution in [1.29, 1.82) is 0 Å². The van der Waals surface area contributed by atoms with E-state index in [1.807, 2.05) is 31.2 Å². The largest absolute Gasteiger partial charge is 0.411 e. The summed E-state index contributed by atoms with van der Waals surface area (Å²) in [5.41, 5.74) is 1.67. The van der Waals surface area contributed by atoms with Crippen LogP contribution < -0.4 is 5.32 Å². The van der Waals surface area contributed by atoms with Crippen LogP contribution in [0.15, 0.2) is 52.1 Å². The molecule has 0 spiro atoms. The number of rotatable bonds is 5. The number of anilines is 1. The minimum atomic E-state index is -0.709. The molecule has 2 aromatic carbocycles. The van der Waals surface area contributed by atoms with Gasteiger partial charge in [-0.15, -0.1) is 10.2 Å². The first-order valence-corrected chi connectivity index (χ1v) is 8.28. The van der Waals surface area contributed by atoms with Crippen molar-refractivity contribution in [2.75, 3.05) is 11.1 Å². The highest BCUT2D eigenvalue weighted by molar-refractivity contribution is 7.99. The van der Waals surface area contributed by atoms with Gasteiger partial charge in [0.15, 0.2) is 0 Å². The Morgan fingerprint density at radius 1 is 1.16 bits per heavy atom. The number of nitrogens with one attached hydrogen (secondary N) is 1. The van der Waals surface area contributed by atoms with Crippen molar-refractivity contribution in [2.24, 2.45) is 0 Å². The summed E-state index contributed by atoms with van der Waals surface area (Å²) in [6, 6.07) is 10.4. The molecule has 0 saturated carbocycles. The Balaban J connectivity index is 1.59. The van der Waals surface area contributed by atoms with Gasteiger partial charge in [-0.05, 0) is 31.2 Å². The van der Waals surface area contributed by atoms with Crippen LogP contribution >= 0.6 is 11.8 Å². The van der Waals surface area contributed by atoms with Crippen LogP contribution in [0.2, 0.25) is 0 Å². The van der Waals surface area contributed by atoms with Crippen LogP contribution in [-0.4, -0.2) is 21.9 Å². The molecule has 0 fully saturated rings. The highest BCUT2D eigenvalue weighted by atomic mass is 32.2. The lowest BCUT2D eigenvalue weighted by atomic mass is 10.1. The number of nitrogens with zero attached hydrogens (tertiary/aromatic N) is 2. The predicted molar refractivity (Wildman–Crippen MR) is 90.2 cm³/mol. The SMILES string of the molecule is Cc1ccc(-c2nnc(SCC(=O)Nc3cc(F)ccc3F)o2)cc1. The van der Waals surface area contributed by atoms with Gasteiger partial charge in [-0.2, -0.15) is 0 Å². The van der Waals surface area contributed by atoms with Gasteiger partial charge in [0.25, 0.3) is 5.22 Å². The number of halogens is 2. The summed E-state index contributed by atoms with van der Waals surface area (Å²) in [6.45, 7) is 1.97. The average Bonchev–Trinajstić information content (AvgIpc) is 3.06. The zero-order valence-corrected chi connectivity index (χ0v) is 13.9. The molecule has 0 aliphatic carbocycles. The van der Waals surface area contributed by atoms with Crippen LogP contribution in [0.3, 0.4) is 0 Å². The van der Waals surface area contributed by atoms with Crippen LogP contribution in [0.1, 0.15) is 5.56 Å². The van der Waals surface area contributed by atoms with Crippen LogP contribution in [0.4, 0.5) is 14.5 Å². The summed E-state index contributed by atoms with van der Waals surface area (Å²) in [4.78, 5) is 11.9. The molecule has 3 rings (SSSR count). The number of aryl methyl sites for hydroxylation is 1. The molecule has 128 valence electrons. The lowest BCUT2D eigenvalue weighted by Gasteiger charge is -2.05. The smallest absolute Gasteiger partial charge is 0.277 e. The number of carbonyl (C=O) groups excluding carboxylic acids is 1. The third-order valence-electron chi connectivity index (χ3n) is 3.23. The summed E-state index contributed by atoms with van der Waals surface area (Å²) in [5.74, 6) is -1.59. The number of carbonyl (C=O) groups is 1. The second kappa shape index (κ2) is 7.43. The molecule has 0 aliphatic rings. The summed E-state index contributed by atoms with van der Waals surface area (Å²) < 4.78 is 32.0. The van der Waals surface area contributed by atoms with Crippen molar-refractivity contribution in [3.63, 3.8) is 0 Å². The molecule has 0 bridgehead atoms. The number of benzene rings is 2. The van der Waals surface area contributed by atoms with Crippen molar-refractivity contribution in [1.82, 2.24) is 10.2 Å². The lowest BCUT2D eigenvalue weighted by molar-refractivity contribution is -0.113. The van der Waals surface area contributed by atoms with Crippen LogP contribution in [0.25, 0.3) is 11.5 Å². The predicted octanol–water partition coefficient (Wildman–Crippen LogP) is 4.05. The van der Waals surface area contributed by atoms with Crippen LogP contribution in [-0.2, 0) is 4.79 Å². The molecule has 1 heterocycles. The minimum Gasteiger partial charge on any atom is -0.411 e. The molecule has 5 nitrogen and oxygen atoms in total. The van der Waals surface area contributed by atoms with Crippen molar-refractivity contribution >= 4 is 23.4 Å². The molecule has 8 heteroatoms. The standard InChI is InChI=1S/C17H13F2N3O2S/c1-10-2-4-11(5-3-10)16-21-22-17(24-16)25-9-15(23)20-14-8-12(18)6-7-13(14)19/h2-8H,9H2,1H3,(H,20,23). The van der Waals surface area contributed by atoms with Gasteiger partial charge in [-0.25, -0.2) is 8.78 Å². The number of thioether (sulfide) groups is 1. The summed E-state index contributed by atoms with van der Waals surface area (Å²) in [5, 5.41) is 10.3. The Morgan fingerprint density at radius 2 is 1.92 bits per heavy atom.